The van der Waals surface area contributed by atoms with Crippen LogP contribution in [-0.2, 0) is 46.0 Å². The Morgan fingerprint density at radius 2 is 1.87 bits per heavy atom. The topological polar surface area (TPSA) is 106 Å². The van der Waals surface area contributed by atoms with Crippen LogP contribution in [0.25, 0.3) is 11.1 Å². The van der Waals surface area contributed by atoms with Crippen LogP contribution in [0.1, 0.15) is 51.4 Å². The molecule has 9 heteroatoms. The molecule has 0 saturated heterocycles. The van der Waals surface area contributed by atoms with Crippen molar-refractivity contribution < 1.29 is 15.0 Å². The van der Waals surface area contributed by atoms with Gasteiger partial charge in [0.05, 0.1) is 31.1 Å². The van der Waals surface area contributed by atoms with Gasteiger partial charge >= 0.3 is 0 Å². The highest BCUT2D eigenvalue weighted by Crippen LogP contribution is 2.35. The summed E-state index contributed by atoms with van der Waals surface area (Å²) in [5.74, 6) is -0.0397. The minimum atomic E-state index is -0.240. The molecule has 6 rings (SSSR count). The normalized spacial score (nSPS) is 14.9. The molecule has 202 valence electrons. The smallest absolute Gasteiger partial charge is 0.274 e. The lowest BCUT2D eigenvalue weighted by Crippen LogP contribution is -2.41. The third kappa shape index (κ3) is 4.51. The van der Waals surface area contributed by atoms with E-state index in [2.05, 4.69) is 15.7 Å². The van der Waals surface area contributed by atoms with Crippen LogP contribution in [0.4, 0.5) is 5.69 Å². The van der Waals surface area contributed by atoms with Crippen LogP contribution in [0.15, 0.2) is 53.6 Å². The Morgan fingerprint density at radius 1 is 1.03 bits per heavy atom. The minimum Gasteiger partial charge on any atom is -0.394 e. The molecule has 4 aromatic rings. The average molecular weight is 528 g/mol. The molecule has 0 bridgehead atoms. The number of rotatable bonds is 7. The predicted molar refractivity (Wildman–Crippen MR) is 148 cm³/mol. The maximum atomic E-state index is 13.7. The fourth-order valence-corrected chi connectivity index (χ4v) is 6.11. The summed E-state index contributed by atoms with van der Waals surface area (Å²) in [4.78, 5) is 28.5. The maximum absolute atomic E-state index is 13.7. The van der Waals surface area contributed by atoms with E-state index in [1.165, 1.54) is 11.3 Å². The molecule has 0 unspecified atom stereocenters. The van der Waals surface area contributed by atoms with Gasteiger partial charge in [-0.15, -0.1) is 0 Å². The Hall–Kier alpha value is -3.95. The van der Waals surface area contributed by atoms with E-state index in [0.717, 1.165) is 54.7 Å². The van der Waals surface area contributed by atoms with E-state index >= 15 is 0 Å². The van der Waals surface area contributed by atoms with Gasteiger partial charge in [-0.25, -0.2) is 0 Å². The van der Waals surface area contributed by atoms with Gasteiger partial charge < -0.3 is 24.2 Å². The highest BCUT2D eigenvalue weighted by molar-refractivity contribution is 6.07. The van der Waals surface area contributed by atoms with Crippen LogP contribution in [0.3, 0.4) is 0 Å². The molecule has 4 heterocycles. The first-order valence-electron chi connectivity index (χ1n) is 13.6. The number of aryl methyl sites for hydroxylation is 2. The number of hydrogen-bond acceptors (Lipinski definition) is 5. The summed E-state index contributed by atoms with van der Waals surface area (Å²) in [6.07, 6.45) is 8.28. The zero-order valence-electron chi connectivity index (χ0n) is 22.1. The van der Waals surface area contributed by atoms with Crippen molar-refractivity contribution in [3.05, 3.63) is 92.9 Å². The number of nitrogens with zero attached hydrogens (tertiary/aromatic N) is 5. The zero-order chi connectivity index (χ0) is 27.1. The summed E-state index contributed by atoms with van der Waals surface area (Å²) in [5, 5.41) is 24.2. The van der Waals surface area contributed by atoms with Crippen LogP contribution in [0.2, 0.25) is 0 Å². The molecule has 0 atom stereocenters. The molecule has 0 saturated carbocycles. The van der Waals surface area contributed by atoms with Crippen molar-refractivity contribution >= 4 is 11.6 Å². The Kier molecular flexibility index (Phi) is 6.70. The summed E-state index contributed by atoms with van der Waals surface area (Å²) in [6, 6.07) is 11.5. The standard InChI is InChI=1S/C30H33N5O4/c1-32-18-22(15-21(29(32)38)16-23-9-10-33(31-23)13-14-36)24-6-4-8-27(25(24)19-37)35-12-11-34-26-7-3-2-5-20(26)17-28(34)30(35)39/h4,6,8-10,15,17-18,36-37H,2-3,5,7,11-14,16,19H2,1H3. The second-order valence-corrected chi connectivity index (χ2v) is 10.4. The Labute approximate surface area is 226 Å². The third-order valence-electron chi connectivity index (χ3n) is 7.98. The number of fused-ring (bicyclic) bond motifs is 3. The van der Waals surface area contributed by atoms with E-state index in [1.807, 2.05) is 30.3 Å². The number of carbonyl (C=O) groups is 1. The van der Waals surface area contributed by atoms with Gasteiger partial charge in [-0.2, -0.15) is 5.10 Å². The van der Waals surface area contributed by atoms with Crippen LogP contribution in [-0.4, -0.2) is 48.2 Å². The first-order chi connectivity index (χ1) is 19.0. The number of aliphatic hydroxyl groups is 2. The lowest BCUT2D eigenvalue weighted by Gasteiger charge is -2.31. The van der Waals surface area contributed by atoms with Crippen molar-refractivity contribution in [2.75, 3.05) is 18.1 Å². The second-order valence-electron chi connectivity index (χ2n) is 10.4. The SMILES string of the molecule is Cn1cc(-c2cccc(N3CCn4c(cc5c4CCCC5)C3=O)c2CO)cc(Cc2ccn(CCO)n2)c1=O. The van der Waals surface area contributed by atoms with Gasteiger partial charge in [-0.1, -0.05) is 12.1 Å². The molecule has 3 aromatic heterocycles. The van der Waals surface area contributed by atoms with Gasteiger partial charge in [0.15, 0.2) is 0 Å². The van der Waals surface area contributed by atoms with E-state index in [9.17, 15) is 19.8 Å². The van der Waals surface area contributed by atoms with Crippen molar-refractivity contribution in [1.82, 2.24) is 18.9 Å². The van der Waals surface area contributed by atoms with Crippen molar-refractivity contribution in [1.29, 1.82) is 0 Å². The summed E-state index contributed by atoms with van der Waals surface area (Å²) in [7, 11) is 1.71. The monoisotopic (exact) mass is 527 g/mol. The first-order valence-corrected chi connectivity index (χ1v) is 13.6. The van der Waals surface area contributed by atoms with Gasteiger partial charge in [0.25, 0.3) is 11.5 Å². The highest BCUT2D eigenvalue weighted by Gasteiger charge is 2.31. The number of carbonyl (C=O) groups excluding carboxylic acids is 1. The quantitative estimate of drug-likeness (QED) is 0.385. The first kappa shape index (κ1) is 25.3. The lowest BCUT2D eigenvalue weighted by atomic mass is 9.97. The predicted octanol–water partition coefficient (Wildman–Crippen LogP) is 2.66. The number of anilines is 1. The largest absolute Gasteiger partial charge is 0.394 e. The molecule has 39 heavy (non-hydrogen) atoms. The second kappa shape index (κ2) is 10.3. The summed E-state index contributed by atoms with van der Waals surface area (Å²) < 4.78 is 5.39. The van der Waals surface area contributed by atoms with Crippen molar-refractivity contribution in [2.24, 2.45) is 7.05 Å². The summed E-state index contributed by atoms with van der Waals surface area (Å²) in [6.45, 7) is 1.42. The molecular weight excluding hydrogens is 494 g/mol. The zero-order valence-corrected chi connectivity index (χ0v) is 22.1. The molecule has 1 amide bonds. The molecule has 0 spiro atoms. The van der Waals surface area contributed by atoms with E-state index < -0.39 is 0 Å². The minimum absolute atomic E-state index is 0.00762. The molecule has 0 radical (unpaired) electrons. The Balaban J connectivity index is 1.36. The number of benzene rings is 1. The van der Waals surface area contributed by atoms with Crippen molar-refractivity contribution in [2.45, 2.75) is 51.8 Å². The van der Waals surface area contributed by atoms with Crippen molar-refractivity contribution in [3.8, 4) is 11.1 Å². The third-order valence-corrected chi connectivity index (χ3v) is 7.98. The molecule has 1 aliphatic heterocycles. The molecule has 2 aliphatic rings. The van der Waals surface area contributed by atoms with Crippen molar-refractivity contribution in [3.63, 3.8) is 0 Å². The lowest BCUT2D eigenvalue weighted by molar-refractivity contribution is 0.0964. The Bertz CT molecular complexity index is 1610. The van der Waals surface area contributed by atoms with Crippen LogP contribution in [0, 0.1) is 0 Å². The molecule has 1 aromatic carbocycles. The molecule has 2 N–H and O–H groups in total. The molecule has 9 nitrogen and oxygen atoms in total. The fraction of sp³-hybridized carbons (Fsp3) is 0.367. The van der Waals surface area contributed by atoms with Gasteiger partial charge in [-0.05, 0) is 66.6 Å². The van der Waals surface area contributed by atoms with E-state index in [0.29, 0.717) is 36.3 Å². The van der Waals surface area contributed by atoms with Gasteiger partial charge in [-0.3, -0.25) is 14.3 Å². The molecule has 1 aliphatic carbocycles. The summed E-state index contributed by atoms with van der Waals surface area (Å²) in [5.41, 5.74) is 7.45. The van der Waals surface area contributed by atoms with Crippen LogP contribution in [0.5, 0.6) is 0 Å². The summed E-state index contributed by atoms with van der Waals surface area (Å²) >= 11 is 0. The number of hydrogen-bond donors (Lipinski definition) is 2. The van der Waals surface area contributed by atoms with Gasteiger partial charge in [0.2, 0.25) is 0 Å². The average Bonchev–Trinajstić information content (AvgIpc) is 3.56. The van der Waals surface area contributed by atoms with E-state index in [4.69, 9.17) is 0 Å². The molecular formula is C30H33N5O4. The fourth-order valence-electron chi connectivity index (χ4n) is 6.11. The van der Waals surface area contributed by atoms with Crippen LogP contribution < -0.4 is 10.5 Å². The van der Waals surface area contributed by atoms with Crippen LogP contribution >= 0.6 is 0 Å². The number of amides is 1. The number of pyridine rings is 1. The number of aliphatic hydroxyl groups excluding tert-OH is 2. The van der Waals surface area contributed by atoms with E-state index in [-0.39, 0.29) is 24.7 Å². The maximum Gasteiger partial charge on any atom is 0.274 e. The van der Waals surface area contributed by atoms with Gasteiger partial charge in [0.1, 0.15) is 5.69 Å². The van der Waals surface area contributed by atoms with Gasteiger partial charge in [0, 0.05) is 55.8 Å². The molecule has 0 fully saturated rings. The highest BCUT2D eigenvalue weighted by atomic mass is 16.3. The number of aromatic nitrogens is 4. The Morgan fingerprint density at radius 3 is 2.69 bits per heavy atom. The van der Waals surface area contributed by atoms with E-state index in [1.54, 1.807) is 33.6 Å².